The van der Waals surface area contributed by atoms with E-state index in [1.807, 2.05) is 24.3 Å². The monoisotopic (exact) mass is 600 g/mol. The van der Waals surface area contributed by atoms with E-state index < -0.39 is 8.07 Å². The van der Waals surface area contributed by atoms with E-state index in [1.165, 1.54) is 20.7 Å². The maximum Gasteiger partial charge on any atom is 0.243 e. The van der Waals surface area contributed by atoms with Gasteiger partial charge in [-0.25, -0.2) is 9.97 Å². The summed E-state index contributed by atoms with van der Waals surface area (Å²) in [5, 5.41) is 5.13. The summed E-state index contributed by atoms with van der Waals surface area (Å²) in [6, 6.07) is 47.8. The second-order valence-electron chi connectivity index (χ2n) is 10.8. The Hall–Kier alpha value is -5.92. The van der Waals surface area contributed by atoms with Crippen molar-refractivity contribution in [2.45, 2.75) is 0 Å². The first kappa shape index (κ1) is 26.7. The van der Waals surface area contributed by atoms with E-state index in [9.17, 15) is 0 Å². The number of nitrogens with zero attached hydrogens (tertiary/aromatic N) is 4. The SMILES string of the molecule is c1ccc([Si](c2ccccc2)(c2cccc(-n3cccc3-c3ncco3)c2)c2cccc(-n3cccc3-c3ncco3)c2)cc1. The van der Waals surface area contributed by atoms with Crippen molar-refractivity contribution in [1.82, 2.24) is 19.1 Å². The Morgan fingerprint density at radius 1 is 0.444 bits per heavy atom. The fraction of sp³-hybridized carbons (Fsp3) is 0. The molecule has 0 aliphatic carbocycles. The largest absolute Gasteiger partial charge is 0.443 e. The van der Waals surface area contributed by atoms with Crippen LogP contribution in [0.15, 0.2) is 180 Å². The molecule has 0 atom stereocenters. The summed E-state index contributed by atoms with van der Waals surface area (Å²) in [6.45, 7) is 0. The van der Waals surface area contributed by atoms with Crippen LogP contribution in [0.1, 0.15) is 0 Å². The zero-order valence-corrected chi connectivity index (χ0v) is 25.3. The molecule has 0 unspecified atom stereocenters. The lowest BCUT2D eigenvalue weighted by atomic mass is 10.3. The van der Waals surface area contributed by atoms with E-state index >= 15 is 0 Å². The summed E-state index contributed by atoms with van der Waals surface area (Å²) in [4.78, 5) is 8.85. The van der Waals surface area contributed by atoms with E-state index in [2.05, 4.69) is 141 Å². The van der Waals surface area contributed by atoms with Crippen molar-refractivity contribution in [2.75, 3.05) is 0 Å². The van der Waals surface area contributed by atoms with Gasteiger partial charge in [-0.2, -0.15) is 0 Å². The van der Waals surface area contributed by atoms with Crippen LogP contribution in [0.5, 0.6) is 0 Å². The summed E-state index contributed by atoms with van der Waals surface area (Å²) in [5.74, 6) is 1.17. The van der Waals surface area contributed by atoms with Crippen LogP contribution in [-0.2, 0) is 0 Å². The number of aromatic nitrogens is 4. The molecule has 0 fully saturated rings. The molecule has 8 rings (SSSR count). The topological polar surface area (TPSA) is 61.9 Å². The van der Waals surface area contributed by atoms with Gasteiger partial charge in [0.15, 0.2) is 8.07 Å². The maximum absolute atomic E-state index is 5.69. The maximum atomic E-state index is 5.69. The Balaban J connectivity index is 1.38. The molecule has 4 heterocycles. The van der Waals surface area contributed by atoms with Gasteiger partial charge in [0, 0.05) is 23.8 Å². The Morgan fingerprint density at radius 3 is 1.31 bits per heavy atom. The number of oxazole rings is 2. The minimum absolute atomic E-state index is 0.585. The highest BCUT2D eigenvalue weighted by Gasteiger charge is 2.41. The van der Waals surface area contributed by atoms with Crippen LogP contribution in [0, 0.1) is 0 Å². The lowest BCUT2D eigenvalue weighted by Crippen LogP contribution is -2.74. The molecule has 0 aliphatic heterocycles. The molecule has 0 N–H and O–H groups in total. The van der Waals surface area contributed by atoms with Gasteiger partial charge < -0.3 is 18.0 Å². The van der Waals surface area contributed by atoms with Crippen LogP contribution in [0.25, 0.3) is 34.5 Å². The fourth-order valence-electron chi connectivity index (χ4n) is 6.41. The highest BCUT2D eigenvalue weighted by molar-refractivity contribution is 7.19. The Labute approximate surface area is 261 Å². The molecule has 4 aromatic carbocycles. The van der Waals surface area contributed by atoms with Crippen molar-refractivity contribution >= 4 is 28.8 Å². The molecular weight excluding hydrogens is 573 g/mol. The molecule has 4 aromatic heterocycles. The highest BCUT2D eigenvalue weighted by Crippen LogP contribution is 2.24. The van der Waals surface area contributed by atoms with Gasteiger partial charge in [-0.05, 0) is 69.3 Å². The first-order valence-electron chi connectivity index (χ1n) is 14.8. The van der Waals surface area contributed by atoms with E-state index in [0.29, 0.717) is 11.8 Å². The Kier molecular flexibility index (Phi) is 6.70. The van der Waals surface area contributed by atoms with Gasteiger partial charge in [0.25, 0.3) is 0 Å². The number of benzene rings is 4. The molecule has 7 heteroatoms. The van der Waals surface area contributed by atoms with Crippen LogP contribution in [-0.4, -0.2) is 27.2 Å². The van der Waals surface area contributed by atoms with E-state index in [1.54, 1.807) is 24.9 Å². The molecule has 0 spiro atoms. The standard InChI is InChI=1S/C38H28N4O2Si/c1-3-13-31(14-4-1)45(32-15-5-2-6-16-32,33-17-7-11-29(27-33)41-23-9-19-35(41)37-39-21-25-43-37)34-18-8-12-30(28-34)42-24-10-20-36(42)38-40-22-26-44-38/h1-28H. The third kappa shape index (κ3) is 4.58. The van der Waals surface area contributed by atoms with Crippen molar-refractivity contribution in [3.63, 3.8) is 0 Å². The van der Waals surface area contributed by atoms with Crippen LogP contribution in [0.2, 0.25) is 0 Å². The Bertz CT molecular complexity index is 2010. The van der Waals surface area contributed by atoms with Gasteiger partial charge in [-0.15, -0.1) is 0 Å². The van der Waals surface area contributed by atoms with Gasteiger partial charge in [0.1, 0.15) is 23.9 Å². The highest BCUT2D eigenvalue weighted by atomic mass is 28.3. The van der Waals surface area contributed by atoms with Gasteiger partial charge in [0.05, 0.1) is 12.4 Å². The van der Waals surface area contributed by atoms with Crippen molar-refractivity contribution < 1.29 is 8.83 Å². The molecule has 0 radical (unpaired) electrons. The van der Waals surface area contributed by atoms with E-state index in [0.717, 1.165) is 22.8 Å². The second kappa shape index (κ2) is 11.3. The predicted octanol–water partition coefficient (Wildman–Crippen LogP) is 5.96. The smallest absolute Gasteiger partial charge is 0.243 e. The molecule has 0 amide bonds. The van der Waals surface area contributed by atoms with Crippen LogP contribution >= 0.6 is 0 Å². The molecule has 0 saturated carbocycles. The molecule has 0 saturated heterocycles. The molecule has 45 heavy (non-hydrogen) atoms. The minimum Gasteiger partial charge on any atom is -0.443 e. The minimum atomic E-state index is -2.86. The molecule has 8 aromatic rings. The summed E-state index contributed by atoms with van der Waals surface area (Å²) in [7, 11) is -2.86. The lowest BCUT2D eigenvalue weighted by molar-refractivity contribution is 0.570. The van der Waals surface area contributed by atoms with E-state index in [-0.39, 0.29) is 0 Å². The second-order valence-corrected chi connectivity index (χ2v) is 14.6. The quantitative estimate of drug-likeness (QED) is 0.160. The van der Waals surface area contributed by atoms with Gasteiger partial charge in [-0.3, -0.25) is 0 Å². The van der Waals surface area contributed by atoms with Gasteiger partial charge in [0.2, 0.25) is 11.8 Å². The van der Waals surface area contributed by atoms with Gasteiger partial charge in [-0.1, -0.05) is 84.9 Å². The average molecular weight is 601 g/mol. The van der Waals surface area contributed by atoms with Crippen molar-refractivity contribution in [3.05, 3.63) is 171 Å². The first-order valence-corrected chi connectivity index (χ1v) is 16.8. The third-order valence-electron chi connectivity index (χ3n) is 8.33. The molecule has 216 valence electrons. The van der Waals surface area contributed by atoms with Crippen molar-refractivity contribution in [2.24, 2.45) is 0 Å². The molecule has 6 nitrogen and oxygen atoms in total. The summed E-state index contributed by atoms with van der Waals surface area (Å²) in [6.07, 6.45) is 10.7. The number of hydrogen-bond donors (Lipinski definition) is 0. The summed E-state index contributed by atoms with van der Waals surface area (Å²) < 4.78 is 15.7. The fourth-order valence-corrected chi connectivity index (χ4v) is 11.2. The third-order valence-corrected chi connectivity index (χ3v) is 13.1. The van der Waals surface area contributed by atoms with Crippen LogP contribution in [0.4, 0.5) is 0 Å². The summed E-state index contributed by atoms with van der Waals surface area (Å²) in [5.41, 5.74) is 3.89. The van der Waals surface area contributed by atoms with Crippen molar-refractivity contribution in [1.29, 1.82) is 0 Å². The Morgan fingerprint density at radius 2 is 0.889 bits per heavy atom. The molecule has 0 aliphatic rings. The number of hydrogen-bond acceptors (Lipinski definition) is 4. The molecule has 0 bridgehead atoms. The predicted molar refractivity (Wildman–Crippen MR) is 180 cm³/mol. The van der Waals surface area contributed by atoms with Crippen LogP contribution in [0.3, 0.4) is 0 Å². The van der Waals surface area contributed by atoms with E-state index in [4.69, 9.17) is 8.83 Å². The number of rotatable bonds is 8. The zero-order valence-electron chi connectivity index (χ0n) is 24.3. The lowest BCUT2D eigenvalue weighted by Gasteiger charge is -2.35. The summed E-state index contributed by atoms with van der Waals surface area (Å²) >= 11 is 0. The average Bonchev–Trinajstić information content (AvgIpc) is 3.93. The van der Waals surface area contributed by atoms with Crippen molar-refractivity contribution in [3.8, 4) is 34.5 Å². The van der Waals surface area contributed by atoms with Crippen LogP contribution < -0.4 is 20.7 Å². The normalized spacial score (nSPS) is 11.6. The zero-order chi connectivity index (χ0) is 30.1. The van der Waals surface area contributed by atoms with Gasteiger partial charge >= 0.3 is 0 Å². The first-order chi connectivity index (χ1) is 22.3. The molecular formula is C38H28N4O2Si.